The van der Waals surface area contributed by atoms with Crippen molar-refractivity contribution in [2.24, 2.45) is 0 Å². The molecule has 0 unspecified atom stereocenters. The SMILES string of the molecule is Cc1ccccc1OCC(=O)Nc1n[nH]c(C)c1C. The molecule has 1 amide bonds. The molecule has 0 saturated carbocycles. The second-order valence-corrected chi connectivity index (χ2v) is 4.42. The number of anilines is 1. The van der Waals surface area contributed by atoms with E-state index in [1.165, 1.54) is 0 Å². The van der Waals surface area contributed by atoms with Crippen LogP contribution in [0.1, 0.15) is 16.8 Å². The van der Waals surface area contributed by atoms with E-state index in [0.717, 1.165) is 16.8 Å². The first-order chi connectivity index (χ1) is 9.08. The molecule has 19 heavy (non-hydrogen) atoms. The molecule has 5 heteroatoms. The van der Waals surface area contributed by atoms with Gasteiger partial charge >= 0.3 is 0 Å². The van der Waals surface area contributed by atoms with Gasteiger partial charge in [0, 0.05) is 11.3 Å². The van der Waals surface area contributed by atoms with Gasteiger partial charge in [-0.25, -0.2) is 0 Å². The maximum absolute atomic E-state index is 11.8. The Morgan fingerprint density at radius 1 is 1.32 bits per heavy atom. The standard InChI is InChI=1S/C14H17N3O2/c1-9-6-4-5-7-12(9)19-8-13(18)15-14-10(2)11(3)16-17-14/h4-7H,8H2,1-3H3,(H2,15,16,17,18). The molecule has 1 aromatic heterocycles. The van der Waals surface area contributed by atoms with Crippen LogP contribution in [-0.4, -0.2) is 22.7 Å². The molecule has 5 nitrogen and oxygen atoms in total. The van der Waals surface area contributed by atoms with Crippen molar-refractivity contribution in [3.05, 3.63) is 41.1 Å². The van der Waals surface area contributed by atoms with Crippen molar-refractivity contribution in [2.45, 2.75) is 20.8 Å². The summed E-state index contributed by atoms with van der Waals surface area (Å²) in [7, 11) is 0. The Morgan fingerprint density at radius 3 is 2.68 bits per heavy atom. The molecule has 1 heterocycles. The summed E-state index contributed by atoms with van der Waals surface area (Å²) >= 11 is 0. The number of nitrogens with zero attached hydrogens (tertiary/aromatic N) is 1. The van der Waals surface area contributed by atoms with Gasteiger partial charge in [0.1, 0.15) is 5.75 Å². The monoisotopic (exact) mass is 259 g/mol. The smallest absolute Gasteiger partial charge is 0.263 e. The summed E-state index contributed by atoms with van der Waals surface area (Å²) in [6, 6.07) is 7.58. The molecule has 0 saturated heterocycles. The Bertz CT molecular complexity index is 590. The Balaban J connectivity index is 1.92. The van der Waals surface area contributed by atoms with E-state index >= 15 is 0 Å². The molecular formula is C14H17N3O2. The van der Waals surface area contributed by atoms with E-state index in [2.05, 4.69) is 15.5 Å². The molecule has 0 atom stereocenters. The minimum atomic E-state index is -0.224. The lowest BCUT2D eigenvalue weighted by Gasteiger charge is -2.08. The lowest BCUT2D eigenvalue weighted by molar-refractivity contribution is -0.118. The maximum Gasteiger partial charge on any atom is 0.263 e. The van der Waals surface area contributed by atoms with Gasteiger partial charge in [-0.1, -0.05) is 18.2 Å². The second-order valence-electron chi connectivity index (χ2n) is 4.42. The second kappa shape index (κ2) is 5.56. The molecule has 0 aliphatic rings. The first-order valence-electron chi connectivity index (χ1n) is 6.08. The van der Waals surface area contributed by atoms with E-state index in [1.807, 2.05) is 45.0 Å². The molecule has 0 fully saturated rings. The van der Waals surface area contributed by atoms with Crippen molar-refractivity contribution in [2.75, 3.05) is 11.9 Å². The number of carbonyl (C=O) groups excluding carboxylic acids is 1. The summed E-state index contributed by atoms with van der Waals surface area (Å²) < 4.78 is 5.47. The molecule has 1 aromatic carbocycles. The van der Waals surface area contributed by atoms with Gasteiger partial charge in [0.05, 0.1) is 0 Å². The molecule has 0 aliphatic heterocycles. The first kappa shape index (κ1) is 13.1. The van der Waals surface area contributed by atoms with E-state index in [4.69, 9.17) is 4.74 Å². The summed E-state index contributed by atoms with van der Waals surface area (Å²) in [4.78, 5) is 11.8. The van der Waals surface area contributed by atoms with Crippen LogP contribution in [0.25, 0.3) is 0 Å². The predicted molar refractivity (Wildman–Crippen MR) is 73.4 cm³/mol. The Hall–Kier alpha value is -2.30. The number of aromatic amines is 1. The average Bonchev–Trinajstić information content (AvgIpc) is 2.70. The number of hydrogen-bond donors (Lipinski definition) is 2. The lowest BCUT2D eigenvalue weighted by Crippen LogP contribution is -2.21. The van der Waals surface area contributed by atoms with Gasteiger partial charge in [0.2, 0.25) is 0 Å². The zero-order valence-corrected chi connectivity index (χ0v) is 11.3. The van der Waals surface area contributed by atoms with Crippen LogP contribution in [0.4, 0.5) is 5.82 Å². The van der Waals surface area contributed by atoms with Gasteiger partial charge in [-0.05, 0) is 32.4 Å². The number of carbonyl (C=O) groups is 1. The van der Waals surface area contributed by atoms with E-state index in [0.29, 0.717) is 11.6 Å². The van der Waals surface area contributed by atoms with Gasteiger partial charge in [-0.3, -0.25) is 9.89 Å². The largest absolute Gasteiger partial charge is 0.483 e. The number of benzene rings is 1. The summed E-state index contributed by atoms with van der Waals surface area (Å²) in [6.07, 6.45) is 0. The third-order valence-corrected chi connectivity index (χ3v) is 2.96. The zero-order chi connectivity index (χ0) is 13.8. The fourth-order valence-corrected chi connectivity index (χ4v) is 1.64. The third kappa shape index (κ3) is 3.13. The van der Waals surface area contributed by atoms with Crippen molar-refractivity contribution in [3.63, 3.8) is 0 Å². The number of H-pyrrole nitrogens is 1. The highest BCUT2D eigenvalue weighted by Crippen LogP contribution is 2.16. The Kier molecular flexibility index (Phi) is 3.85. The average molecular weight is 259 g/mol. The van der Waals surface area contributed by atoms with Crippen molar-refractivity contribution in [1.82, 2.24) is 10.2 Å². The molecular weight excluding hydrogens is 242 g/mol. The van der Waals surface area contributed by atoms with Gasteiger partial charge in [0.15, 0.2) is 12.4 Å². The third-order valence-electron chi connectivity index (χ3n) is 2.96. The number of ether oxygens (including phenoxy) is 1. The van der Waals surface area contributed by atoms with E-state index < -0.39 is 0 Å². The molecule has 100 valence electrons. The van der Waals surface area contributed by atoms with Crippen LogP contribution in [0.2, 0.25) is 0 Å². The van der Waals surface area contributed by atoms with Crippen LogP contribution in [0.15, 0.2) is 24.3 Å². The van der Waals surface area contributed by atoms with Crippen LogP contribution >= 0.6 is 0 Å². The van der Waals surface area contributed by atoms with E-state index in [-0.39, 0.29) is 12.5 Å². The Labute approximate surface area is 112 Å². The van der Waals surface area contributed by atoms with Gasteiger partial charge in [0.25, 0.3) is 5.91 Å². The van der Waals surface area contributed by atoms with Crippen LogP contribution in [-0.2, 0) is 4.79 Å². The number of hydrogen-bond acceptors (Lipinski definition) is 3. The maximum atomic E-state index is 11.8. The summed E-state index contributed by atoms with van der Waals surface area (Å²) in [5, 5.41) is 9.55. The van der Waals surface area contributed by atoms with Crippen molar-refractivity contribution in [3.8, 4) is 5.75 Å². The Morgan fingerprint density at radius 2 is 2.05 bits per heavy atom. The quantitative estimate of drug-likeness (QED) is 0.885. The number of para-hydroxylation sites is 1. The van der Waals surface area contributed by atoms with Gasteiger partial charge < -0.3 is 10.1 Å². The highest BCUT2D eigenvalue weighted by atomic mass is 16.5. The molecule has 0 bridgehead atoms. The highest BCUT2D eigenvalue weighted by molar-refractivity contribution is 5.91. The summed E-state index contributed by atoms with van der Waals surface area (Å²) in [5.74, 6) is 1.04. The van der Waals surface area contributed by atoms with Gasteiger partial charge in [-0.15, -0.1) is 0 Å². The number of rotatable bonds is 4. The van der Waals surface area contributed by atoms with Crippen LogP contribution in [0, 0.1) is 20.8 Å². The number of aryl methyl sites for hydroxylation is 2. The van der Waals surface area contributed by atoms with Crippen LogP contribution < -0.4 is 10.1 Å². The first-order valence-corrected chi connectivity index (χ1v) is 6.08. The zero-order valence-electron chi connectivity index (χ0n) is 11.3. The number of aromatic nitrogens is 2. The number of amides is 1. The minimum absolute atomic E-state index is 0.0315. The van der Waals surface area contributed by atoms with E-state index in [9.17, 15) is 4.79 Å². The summed E-state index contributed by atoms with van der Waals surface area (Å²) in [6.45, 7) is 5.71. The predicted octanol–water partition coefficient (Wildman–Crippen LogP) is 2.35. The molecule has 2 aromatic rings. The molecule has 2 rings (SSSR count). The fraction of sp³-hybridized carbons (Fsp3) is 0.286. The van der Waals surface area contributed by atoms with Crippen molar-refractivity contribution in [1.29, 1.82) is 0 Å². The molecule has 0 aliphatic carbocycles. The molecule has 2 N–H and O–H groups in total. The van der Waals surface area contributed by atoms with Crippen molar-refractivity contribution < 1.29 is 9.53 Å². The van der Waals surface area contributed by atoms with E-state index in [1.54, 1.807) is 0 Å². The number of nitrogens with one attached hydrogen (secondary N) is 2. The van der Waals surface area contributed by atoms with Crippen LogP contribution in [0.5, 0.6) is 5.75 Å². The van der Waals surface area contributed by atoms with Crippen molar-refractivity contribution >= 4 is 11.7 Å². The molecule has 0 spiro atoms. The van der Waals surface area contributed by atoms with Crippen LogP contribution in [0.3, 0.4) is 0 Å². The minimum Gasteiger partial charge on any atom is -0.483 e. The lowest BCUT2D eigenvalue weighted by atomic mass is 10.2. The topological polar surface area (TPSA) is 67.0 Å². The fourth-order valence-electron chi connectivity index (χ4n) is 1.64. The highest BCUT2D eigenvalue weighted by Gasteiger charge is 2.10. The normalized spacial score (nSPS) is 10.3. The van der Waals surface area contributed by atoms with Gasteiger partial charge in [-0.2, -0.15) is 5.10 Å². The summed E-state index contributed by atoms with van der Waals surface area (Å²) in [5.41, 5.74) is 2.88. The molecule has 0 radical (unpaired) electrons.